The van der Waals surface area contributed by atoms with Crippen LogP contribution in [-0.2, 0) is 14.1 Å². The summed E-state index contributed by atoms with van der Waals surface area (Å²) in [5.74, 6) is -0.413. The molecule has 2 aromatic heterocycles. The van der Waals surface area contributed by atoms with Gasteiger partial charge in [0.1, 0.15) is 11.3 Å². The van der Waals surface area contributed by atoms with Crippen molar-refractivity contribution in [3.05, 3.63) is 66.4 Å². The number of hydrogen-bond acceptors (Lipinski definition) is 4. The molecule has 26 heavy (non-hydrogen) atoms. The Hall–Kier alpha value is -2.45. The maximum atomic E-state index is 12.8. The highest BCUT2D eigenvalue weighted by Gasteiger charge is 2.19. The number of amides is 1. The van der Waals surface area contributed by atoms with E-state index in [0.29, 0.717) is 10.7 Å². The van der Waals surface area contributed by atoms with E-state index in [4.69, 9.17) is 11.6 Å². The Morgan fingerprint density at radius 1 is 1.15 bits per heavy atom. The average Bonchev–Trinajstić information content (AvgIpc) is 2.63. The van der Waals surface area contributed by atoms with Gasteiger partial charge in [0.25, 0.3) is 11.5 Å². The number of rotatable bonds is 2. The summed E-state index contributed by atoms with van der Waals surface area (Å²) in [7, 11) is 4.47. The molecule has 3 aromatic rings. The molecule has 0 radical (unpaired) electrons. The lowest BCUT2D eigenvalue weighted by atomic mass is 10.2. The first-order chi connectivity index (χ1) is 12.2. The van der Waals surface area contributed by atoms with Crippen molar-refractivity contribution in [3.63, 3.8) is 0 Å². The Morgan fingerprint density at radius 2 is 1.85 bits per heavy atom. The first kappa shape index (κ1) is 18.3. The van der Waals surface area contributed by atoms with Crippen LogP contribution in [0.25, 0.3) is 11.0 Å². The fraction of sp³-hybridized carbons (Fsp3) is 0.176. The van der Waals surface area contributed by atoms with Crippen molar-refractivity contribution in [1.29, 1.82) is 0 Å². The Balaban J connectivity index is 2.12. The molecule has 2 heterocycles. The van der Waals surface area contributed by atoms with Crippen LogP contribution in [0.3, 0.4) is 0 Å². The van der Waals surface area contributed by atoms with Crippen LogP contribution in [0.1, 0.15) is 10.5 Å². The molecule has 0 N–H and O–H groups in total. The minimum absolute atomic E-state index is 0.0993. The molecule has 1 amide bonds. The minimum Gasteiger partial charge on any atom is -0.309 e. The second kappa shape index (κ2) is 6.69. The molecule has 0 aliphatic rings. The van der Waals surface area contributed by atoms with Gasteiger partial charge in [-0.3, -0.25) is 18.7 Å². The number of fused-ring (bicyclic) bond motifs is 1. The Kier molecular flexibility index (Phi) is 4.72. The van der Waals surface area contributed by atoms with Gasteiger partial charge < -0.3 is 4.90 Å². The second-order valence-electron chi connectivity index (χ2n) is 5.73. The van der Waals surface area contributed by atoms with Crippen LogP contribution in [-0.4, -0.2) is 27.1 Å². The number of carbonyl (C=O) groups is 1. The average molecular weight is 438 g/mol. The van der Waals surface area contributed by atoms with E-state index in [-0.39, 0.29) is 16.7 Å². The largest absolute Gasteiger partial charge is 0.332 e. The predicted octanol–water partition coefficient (Wildman–Crippen LogP) is 2.32. The number of pyridine rings is 1. The van der Waals surface area contributed by atoms with E-state index < -0.39 is 17.2 Å². The molecule has 0 spiro atoms. The van der Waals surface area contributed by atoms with Crippen molar-refractivity contribution in [2.45, 2.75) is 0 Å². The number of benzene rings is 1. The van der Waals surface area contributed by atoms with Gasteiger partial charge in [-0.2, -0.15) is 0 Å². The summed E-state index contributed by atoms with van der Waals surface area (Å²) in [6.45, 7) is 0. The zero-order valence-corrected chi connectivity index (χ0v) is 16.5. The molecular weight excluding hydrogens is 424 g/mol. The lowest BCUT2D eigenvalue weighted by molar-refractivity contribution is 0.0988. The monoisotopic (exact) mass is 436 g/mol. The SMILES string of the molecule is CN(C(=O)c1ccc2c(=O)n(C)c(=O)n(C)c2n1)c1ccc(Br)cc1Cl. The van der Waals surface area contributed by atoms with Crippen LogP contribution in [0.5, 0.6) is 0 Å². The third-order valence-electron chi connectivity index (χ3n) is 4.10. The van der Waals surface area contributed by atoms with Crippen LogP contribution in [0, 0.1) is 0 Å². The highest BCUT2D eigenvalue weighted by atomic mass is 79.9. The Morgan fingerprint density at radius 3 is 2.50 bits per heavy atom. The van der Waals surface area contributed by atoms with E-state index >= 15 is 0 Å². The third-order valence-corrected chi connectivity index (χ3v) is 4.89. The normalized spacial score (nSPS) is 11.0. The number of aromatic nitrogens is 3. The molecular formula is C17H14BrClN4O3. The number of nitrogens with zero attached hydrogens (tertiary/aromatic N) is 4. The lowest BCUT2D eigenvalue weighted by Crippen LogP contribution is -2.37. The fourth-order valence-electron chi connectivity index (χ4n) is 2.61. The van der Waals surface area contributed by atoms with Crippen LogP contribution >= 0.6 is 27.5 Å². The molecule has 1 aromatic carbocycles. The van der Waals surface area contributed by atoms with E-state index in [1.54, 1.807) is 25.2 Å². The standard InChI is InChI=1S/C17H14BrClN4O3/c1-21(13-7-4-9(18)8-11(13)19)16(25)12-6-5-10-14(20-12)22(2)17(26)23(3)15(10)24/h4-8H,1-3H3. The Labute approximate surface area is 161 Å². The molecule has 0 fully saturated rings. The van der Waals surface area contributed by atoms with E-state index in [1.807, 2.05) is 0 Å². The van der Waals surface area contributed by atoms with Crippen molar-refractivity contribution < 1.29 is 4.79 Å². The fourth-order valence-corrected chi connectivity index (χ4v) is 3.41. The van der Waals surface area contributed by atoms with Crippen LogP contribution in [0.2, 0.25) is 5.02 Å². The number of carbonyl (C=O) groups excluding carboxylic acids is 1. The molecule has 3 rings (SSSR count). The maximum Gasteiger partial charge on any atom is 0.332 e. The summed E-state index contributed by atoms with van der Waals surface area (Å²) in [4.78, 5) is 42.7. The highest BCUT2D eigenvalue weighted by Crippen LogP contribution is 2.29. The number of aryl methyl sites for hydroxylation is 1. The van der Waals surface area contributed by atoms with Gasteiger partial charge in [0.05, 0.1) is 16.1 Å². The molecule has 134 valence electrons. The lowest BCUT2D eigenvalue weighted by Gasteiger charge is -2.19. The molecule has 0 saturated heterocycles. The van der Waals surface area contributed by atoms with Gasteiger partial charge in [0, 0.05) is 25.6 Å². The quantitative estimate of drug-likeness (QED) is 0.616. The molecule has 7 nitrogen and oxygen atoms in total. The molecule has 0 unspecified atom stereocenters. The van der Waals surface area contributed by atoms with Crippen molar-refractivity contribution in [2.75, 3.05) is 11.9 Å². The summed E-state index contributed by atoms with van der Waals surface area (Å²) in [5, 5.41) is 0.660. The van der Waals surface area contributed by atoms with E-state index in [2.05, 4.69) is 20.9 Å². The van der Waals surface area contributed by atoms with E-state index in [0.717, 1.165) is 9.04 Å². The van der Waals surface area contributed by atoms with Gasteiger partial charge in [-0.25, -0.2) is 9.78 Å². The Bertz CT molecular complexity index is 1170. The summed E-state index contributed by atoms with van der Waals surface area (Å²) >= 11 is 9.52. The number of anilines is 1. The van der Waals surface area contributed by atoms with Crippen LogP contribution < -0.4 is 16.1 Å². The molecule has 0 aliphatic heterocycles. The predicted molar refractivity (Wildman–Crippen MR) is 104 cm³/mol. The molecule has 0 aliphatic carbocycles. The van der Waals surface area contributed by atoms with Gasteiger partial charge >= 0.3 is 5.69 Å². The van der Waals surface area contributed by atoms with Crippen molar-refractivity contribution in [3.8, 4) is 0 Å². The maximum absolute atomic E-state index is 12.8. The number of hydrogen-bond donors (Lipinski definition) is 0. The minimum atomic E-state index is -0.510. The molecule has 0 atom stereocenters. The second-order valence-corrected chi connectivity index (χ2v) is 7.06. The first-order valence-electron chi connectivity index (χ1n) is 7.52. The highest BCUT2D eigenvalue weighted by molar-refractivity contribution is 9.10. The van der Waals surface area contributed by atoms with Gasteiger partial charge in [-0.15, -0.1) is 0 Å². The molecule has 0 saturated carbocycles. The summed E-state index contributed by atoms with van der Waals surface area (Å²) in [6.07, 6.45) is 0. The van der Waals surface area contributed by atoms with Gasteiger partial charge in [-0.1, -0.05) is 27.5 Å². The van der Waals surface area contributed by atoms with Gasteiger partial charge in [0.2, 0.25) is 0 Å². The van der Waals surface area contributed by atoms with Crippen molar-refractivity contribution in [1.82, 2.24) is 14.1 Å². The smallest absolute Gasteiger partial charge is 0.309 e. The zero-order chi connectivity index (χ0) is 19.2. The first-order valence-corrected chi connectivity index (χ1v) is 8.69. The van der Waals surface area contributed by atoms with E-state index in [9.17, 15) is 14.4 Å². The molecule has 9 heteroatoms. The van der Waals surface area contributed by atoms with E-state index in [1.165, 1.54) is 35.7 Å². The van der Waals surface area contributed by atoms with Crippen molar-refractivity contribution >= 4 is 50.2 Å². The zero-order valence-electron chi connectivity index (χ0n) is 14.2. The van der Waals surface area contributed by atoms with Gasteiger partial charge in [0.15, 0.2) is 0 Å². The summed E-state index contributed by atoms with van der Waals surface area (Å²) in [6, 6.07) is 8.11. The van der Waals surface area contributed by atoms with Crippen LogP contribution in [0.4, 0.5) is 5.69 Å². The summed E-state index contributed by atoms with van der Waals surface area (Å²) in [5.41, 5.74) is -0.205. The third kappa shape index (κ3) is 2.95. The summed E-state index contributed by atoms with van der Waals surface area (Å²) < 4.78 is 3.03. The van der Waals surface area contributed by atoms with Gasteiger partial charge in [-0.05, 0) is 30.3 Å². The van der Waals surface area contributed by atoms with Crippen molar-refractivity contribution in [2.24, 2.45) is 14.1 Å². The van der Waals surface area contributed by atoms with Crippen LogP contribution in [0.15, 0.2) is 44.4 Å². The topological polar surface area (TPSA) is 77.2 Å². The molecule has 0 bridgehead atoms. The number of halogens is 2.